The van der Waals surface area contributed by atoms with Gasteiger partial charge in [0.25, 0.3) is 5.91 Å². The van der Waals surface area contributed by atoms with E-state index in [1.807, 2.05) is 6.92 Å². The molecule has 0 saturated heterocycles. The Kier molecular flexibility index (Phi) is 6.81. The van der Waals surface area contributed by atoms with Crippen molar-refractivity contribution in [3.05, 3.63) is 40.6 Å². The smallest absolute Gasteiger partial charge is 0.388 e. The topological polar surface area (TPSA) is 110 Å². The molecule has 0 aliphatic carbocycles. The number of amides is 1. The normalized spacial score (nSPS) is 11.7. The molecule has 2 aromatic rings. The van der Waals surface area contributed by atoms with E-state index in [1.165, 1.54) is 24.3 Å². The number of hydrazine groups is 1. The number of thiocarbonyl (C=S) groups is 1. The highest BCUT2D eigenvalue weighted by Crippen LogP contribution is 2.15. The zero-order chi connectivity index (χ0) is 19.1. The van der Waals surface area contributed by atoms with Gasteiger partial charge in [-0.15, -0.1) is 5.10 Å². The van der Waals surface area contributed by atoms with Crippen molar-refractivity contribution in [1.82, 2.24) is 25.9 Å². The molecule has 11 heteroatoms. The Morgan fingerprint density at radius 2 is 2.08 bits per heavy atom. The molecule has 2 rings (SSSR count). The van der Waals surface area contributed by atoms with Gasteiger partial charge in [0.05, 0.1) is 6.61 Å². The van der Waals surface area contributed by atoms with Crippen molar-refractivity contribution in [2.45, 2.75) is 19.5 Å². The van der Waals surface area contributed by atoms with Crippen molar-refractivity contribution in [1.29, 1.82) is 0 Å². The second kappa shape index (κ2) is 9.06. The van der Waals surface area contributed by atoms with Gasteiger partial charge in [-0.1, -0.05) is 0 Å². The third kappa shape index (κ3) is 5.63. The molecule has 3 N–H and O–H groups in total. The van der Waals surface area contributed by atoms with Crippen molar-refractivity contribution in [2.75, 3.05) is 13.7 Å². The molecule has 0 radical (unpaired) electrons. The van der Waals surface area contributed by atoms with Crippen LogP contribution in [0.2, 0.25) is 0 Å². The molecule has 1 amide bonds. The number of benzene rings is 1. The molecule has 26 heavy (non-hydrogen) atoms. The van der Waals surface area contributed by atoms with E-state index in [4.69, 9.17) is 21.4 Å². The van der Waals surface area contributed by atoms with Crippen LogP contribution in [-0.2, 0) is 16.1 Å². The summed E-state index contributed by atoms with van der Waals surface area (Å²) in [5, 5.41) is 7.00. The zero-order valence-corrected chi connectivity index (χ0v) is 14.9. The summed E-state index contributed by atoms with van der Waals surface area (Å²) in [7, 11) is 1.56. The maximum atomic E-state index is 12.9. The average molecular weight is 383 g/mol. The highest BCUT2D eigenvalue weighted by atomic mass is 32.1. The van der Waals surface area contributed by atoms with Crippen LogP contribution in [0.4, 0.5) is 4.39 Å². The summed E-state index contributed by atoms with van der Waals surface area (Å²) < 4.78 is 23.7. The molecule has 0 bridgehead atoms. The SMILES string of the molecule is COC[C@H](C)NC(=S)NNC(=O)Cn1nc(-c2ccc(F)cc2)oc1=O. The van der Waals surface area contributed by atoms with Gasteiger partial charge in [-0.05, 0) is 43.4 Å². The van der Waals surface area contributed by atoms with Gasteiger partial charge in [0, 0.05) is 18.7 Å². The number of ether oxygens (including phenoxy) is 1. The first kappa shape index (κ1) is 19.5. The van der Waals surface area contributed by atoms with E-state index >= 15 is 0 Å². The van der Waals surface area contributed by atoms with Crippen molar-refractivity contribution >= 4 is 23.2 Å². The molecule has 1 aromatic heterocycles. The lowest BCUT2D eigenvalue weighted by Crippen LogP contribution is -2.50. The van der Waals surface area contributed by atoms with Gasteiger partial charge in [-0.3, -0.25) is 15.6 Å². The Morgan fingerprint density at radius 1 is 1.38 bits per heavy atom. The van der Waals surface area contributed by atoms with E-state index in [0.29, 0.717) is 12.2 Å². The van der Waals surface area contributed by atoms with Crippen LogP contribution in [0.5, 0.6) is 0 Å². The van der Waals surface area contributed by atoms with Gasteiger partial charge < -0.3 is 14.5 Å². The molecule has 0 spiro atoms. The van der Waals surface area contributed by atoms with Gasteiger partial charge in [-0.25, -0.2) is 9.18 Å². The lowest BCUT2D eigenvalue weighted by molar-refractivity contribution is -0.122. The van der Waals surface area contributed by atoms with Crippen LogP contribution in [0.3, 0.4) is 0 Å². The van der Waals surface area contributed by atoms with E-state index in [-0.39, 0.29) is 23.6 Å². The zero-order valence-electron chi connectivity index (χ0n) is 14.1. The summed E-state index contributed by atoms with van der Waals surface area (Å²) in [6.45, 7) is 1.91. The third-order valence-electron chi connectivity index (χ3n) is 3.10. The number of carbonyl (C=O) groups is 1. The van der Waals surface area contributed by atoms with Gasteiger partial charge in [0.15, 0.2) is 5.11 Å². The fourth-order valence-electron chi connectivity index (χ4n) is 1.97. The molecule has 0 aliphatic heterocycles. The summed E-state index contributed by atoms with van der Waals surface area (Å²) in [5.41, 5.74) is 5.26. The monoisotopic (exact) mass is 383 g/mol. The van der Waals surface area contributed by atoms with Crippen LogP contribution in [0, 0.1) is 5.82 Å². The number of methoxy groups -OCH3 is 1. The Morgan fingerprint density at radius 3 is 2.73 bits per heavy atom. The van der Waals surface area contributed by atoms with Crippen LogP contribution in [0.15, 0.2) is 33.5 Å². The highest BCUT2D eigenvalue weighted by Gasteiger charge is 2.13. The second-order valence-corrected chi connectivity index (χ2v) is 5.75. The predicted octanol–water partition coefficient (Wildman–Crippen LogP) is 0.173. The fourth-order valence-corrected chi connectivity index (χ4v) is 2.22. The molecule has 0 aliphatic rings. The number of hydrogen-bond acceptors (Lipinski definition) is 6. The molecular formula is C15H18FN5O4S. The van der Waals surface area contributed by atoms with Crippen LogP contribution in [0.1, 0.15) is 6.92 Å². The first-order valence-electron chi connectivity index (χ1n) is 7.57. The lowest BCUT2D eigenvalue weighted by atomic mass is 10.2. The number of nitrogens with zero attached hydrogens (tertiary/aromatic N) is 2. The summed E-state index contributed by atoms with van der Waals surface area (Å²) in [6.07, 6.45) is 0. The van der Waals surface area contributed by atoms with Crippen LogP contribution in [0.25, 0.3) is 11.5 Å². The average Bonchev–Trinajstić information content (AvgIpc) is 2.94. The van der Waals surface area contributed by atoms with Crippen LogP contribution >= 0.6 is 12.2 Å². The molecular weight excluding hydrogens is 365 g/mol. The molecule has 0 saturated carbocycles. The fraction of sp³-hybridized carbons (Fsp3) is 0.333. The minimum atomic E-state index is -0.811. The highest BCUT2D eigenvalue weighted by molar-refractivity contribution is 7.80. The van der Waals surface area contributed by atoms with Gasteiger partial charge >= 0.3 is 5.76 Å². The molecule has 140 valence electrons. The Bertz CT molecular complexity index is 820. The van der Waals surface area contributed by atoms with E-state index in [1.54, 1.807) is 7.11 Å². The largest absolute Gasteiger partial charge is 0.437 e. The maximum Gasteiger partial charge on any atom is 0.437 e. The minimum absolute atomic E-state index is 0.0127. The molecule has 1 aromatic carbocycles. The van der Waals surface area contributed by atoms with Crippen molar-refractivity contribution < 1.29 is 18.3 Å². The van der Waals surface area contributed by atoms with Crippen LogP contribution < -0.4 is 21.9 Å². The first-order valence-corrected chi connectivity index (χ1v) is 7.98. The van der Waals surface area contributed by atoms with Crippen molar-refractivity contribution in [2.24, 2.45) is 0 Å². The number of carbonyl (C=O) groups excluding carboxylic acids is 1. The van der Waals surface area contributed by atoms with E-state index < -0.39 is 17.5 Å². The van der Waals surface area contributed by atoms with Gasteiger partial charge in [-0.2, -0.15) is 4.68 Å². The second-order valence-electron chi connectivity index (χ2n) is 5.34. The van der Waals surface area contributed by atoms with Gasteiger partial charge in [0.2, 0.25) is 5.89 Å². The third-order valence-corrected chi connectivity index (χ3v) is 3.32. The lowest BCUT2D eigenvalue weighted by Gasteiger charge is -2.16. The Hall–Kier alpha value is -2.79. The van der Waals surface area contributed by atoms with Crippen molar-refractivity contribution in [3.8, 4) is 11.5 Å². The standard InChI is InChI=1S/C15H18FN5O4S/c1-9(8-24-2)17-14(26)19-18-12(22)7-21-15(23)25-13(20-21)10-3-5-11(16)6-4-10/h3-6,9H,7-8H2,1-2H3,(H,18,22)(H2,17,19,26)/t9-/m0/s1. The van der Waals surface area contributed by atoms with E-state index in [0.717, 1.165) is 4.68 Å². The molecule has 0 unspecified atom stereocenters. The summed E-state index contributed by atoms with van der Waals surface area (Å²) >= 11 is 5.01. The summed E-state index contributed by atoms with van der Waals surface area (Å²) in [4.78, 5) is 23.7. The van der Waals surface area contributed by atoms with E-state index in [9.17, 15) is 14.0 Å². The number of halogens is 1. The molecule has 9 nitrogen and oxygen atoms in total. The maximum absolute atomic E-state index is 12.9. The predicted molar refractivity (Wildman–Crippen MR) is 94.5 cm³/mol. The first-order chi connectivity index (χ1) is 12.4. The Balaban J connectivity index is 1.90. The van der Waals surface area contributed by atoms with E-state index in [2.05, 4.69) is 21.3 Å². The number of nitrogens with one attached hydrogen (secondary N) is 3. The minimum Gasteiger partial charge on any atom is -0.388 e. The Labute approximate surface area is 153 Å². The number of hydrogen-bond donors (Lipinski definition) is 3. The molecule has 1 heterocycles. The summed E-state index contributed by atoms with van der Waals surface area (Å²) in [5.74, 6) is -1.81. The summed E-state index contributed by atoms with van der Waals surface area (Å²) in [6, 6.07) is 5.20. The number of rotatable bonds is 6. The number of aromatic nitrogens is 2. The van der Waals surface area contributed by atoms with Crippen molar-refractivity contribution in [3.63, 3.8) is 0 Å². The van der Waals surface area contributed by atoms with Crippen LogP contribution in [-0.4, -0.2) is 40.6 Å². The molecule has 1 atom stereocenters. The molecule has 0 fully saturated rings. The van der Waals surface area contributed by atoms with Gasteiger partial charge in [0.1, 0.15) is 12.4 Å². The quantitative estimate of drug-likeness (QED) is 0.478.